The smallest absolute Gasteiger partial charge is 0.191 e. The van der Waals surface area contributed by atoms with Gasteiger partial charge in [-0.2, -0.15) is 0 Å². The molecule has 0 aliphatic carbocycles. The number of hydrogen-bond donors (Lipinski definition) is 1. The normalized spacial score (nSPS) is 16.5. The van der Waals surface area contributed by atoms with Crippen LogP contribution in [0.3, 0.4) is 0 Å². The number of nitrogens with zero attached hydrogens (tertiary/aromatic N) is 3. The van der Waals surface area contributed by atoms with Crippen molar-refractivity contribution in [3.8, 4) is 0 Å². The number of hydrogen-bond acceptors (Lipinski definition) is 3. The highest BCUT2D eigenvalue weighted by Gasteiger charge is 2.19. The van der Waals surface area contributed by atoms with Gasteiger partial charge in [-0.05, 0) is 42.0 Å². The monoisotopic (exact) mass is 374 g/mol. The van der Waals surface area contributed by atoms with Gasteiger partial charge in [0, 0.05) is 39.0 Å². The van der Waals surface area contributed by atoms with Gasteiger partial charge in [0.25, 0.3) is 0 Å². The van der Waals surface area contributed by atoms with E-state index >= 15 is 0 Å². The van der Waals surface area contributed by atoms with Crippen molar-refractivity contribution in [1.82, 2.24) is 4.90 Å². The second-order valence-corrected chi connectivity index (χ2v) is 6.43. The second-order valence-electron chi connectivity index (χ2n) is 6.43. The van der Waals surface area contributed by atoms with Gasteiger partial charge in [-0.25, -0.2) is 8.78 Å². The van der Waals surface area contributed by atoms with Crippen molar-refractivity contribution >= 4 is 11.6 Å². The lowest BCUT2D eigenvalue weighted by Crippen LogP contribution is -2.51. The second kappa shape index (κ2) is 8.81. The molecule has 0 radical (unpaired) electrons. The van der Waals surface area contributed by atoms with E-state index in [9.17, 15) is 8.78 Å². The average Bonchev–Trinajstić information content (AvgIpc) is 2.70. The molecule has 1 unspecified atom stereocenters. The molecule has 1 fully saturated rings. The number of halogens is 2. The molecule has 144 valence electrons. The molecule has 1 heterocycles. The highest BCUT2D eigenvalue weighted by molar-refractivity contribution is 5.78. The third kappa shape index (κ3) is 4.95. The van der Waals surface area contributed by atoms with E-state index in [-0.39, 0.29) is 17.7 Å². The fourth-order valence-corrected chi connectivity index (χ4v) is 3.12. The fourth-order valence-electron chi connectivity index (χ4n) is 3.12. The number of nitrogens with two attached hydrogens (primary N) is 1. The van der Waals surface area contributed by atoms with Crippen molar-refractivity contribution in [2.75, 3.05) is 44.7 Å². The van der Waals surface area contributed by atoms with Crippen molar-refractivity contribution in [1.29, 1.82) is 0 Å². The molecule has 0 bridgehead atoms. The molecule has 0 saturated carbocycles. The Morgan fingerprint density at radius 2 is 1.56 bits per heavy atom. The summed E-state index contributed by atoms with van der Waals surface area (Å²) < 4.78 is 31.6. The summed E-state index contributed by atoms with van der Waals surface area (Å²) in [6.45, 7) is 3.41. The minimum atomic E-state index is -0.282. The first kappa shape index (κ1) is 19.1. The van der Waals surface area contributed by atoms with E-state index in [1.54, 1.807) is 31.4 Å². The van der Waals surface area contributed by atoms with Crippen LogP contribution in [0, 0.1) is 11.6 Å². The van der Waals surface area contributed by atoms with E-state index in [2.05, 4.69) is 9.89 Å². The first-order valence-corrected chi connectivity index (χ1v) is 8.90. The van der Waals surface area contributed by atoms with Crippen LogP contribution in [0.2, 0.25) is 0 Å². The third-order valence-corrected chi connectivity index (χ3v) is 4.74. The molecule has 1 saturated heterocycles. The number of ether oxygens (including phenoxy) is 1. The van der Waals surface area contributed by atoms with Crippen LogP contribution < -0.4 is 10.6 Å². The van der Waals surface area contributed by atoms with Crippen LogP contribution in [0.1, 0.15) is 11.7 Å². The summed E-state index contributed by atoms with van der Waals surface area (Å²) in [5.41, 5.74) is 8.01. The summed E-state index contributed by atoms with van der Waals surface area (Å²) in [4.78, 5) is 8.68. The van der Waals surface area contributed by atoms with Crippen molar-refractivity contribution < 1.29 is 13.5 Å². The van der Waals surface area contributed by atoms with Crippen molar-refractivity contribution in [2.45, 2.75) is 6.10 Å². The maximum Gasteiger partial charge on any atom is 0.191 e. The zero-order valence-electron chi connectivity index (χ0n) is 15.3. The average molecular weight is 374 g/mol. The Labute approximate surface area is 158 Å². The molecular weight excluding hydrogens is 350 g/mol. The largest absolute Gasteiger partial charge is 0.375 e. The van der Waals surface area contributed by atoms with E-state index in [4.69, 9.17) is 10.5 Å². The lowest BCUT2D eigenvalue weighted by Gasteiger charge is -2.36. The predicted octanol–water partition coefficient (Wildman–Crippen LogP) is 2.79. The van der Waals surface area contributed by atoms with Gasteiger partial charge in [0.1, 0.15) is 17.7 Å². The minimum absolute atomic E-state index is 0.234. The lowest BCUT2D eigenvalue weighted by atomic mass is 10.1. The molecule has 3 rings (SSSR count). The summed E-state index contributed by atoms with van der Waals surface area (Å²) >= 11 is 0. The summed E-state index contributed by atoms with van der Waals surface area (Å²) in [6, 6.07) is 12.7. The van der Waals surface area contributed by atoms with E-state index in [1.807, 2.05) is 4.90 Å². The number of rotatable bonds is 5. The molecule has 0 spiro atoms. The lowest BCUT2D eigenvalue weighted by molar-refractivity contribution is 0.110. The Hall–Kier alpha value is -2.67. The highest BCUT2D eigenvalue weighted by Crippen LogP contribution is 2.19. The Bertz CT molecular complexity index is 757. The highest BCUT2D eigenvalue weighted by atomic mass is 19.1. The Balaban J connectivity index is 1.55. The van der Waals surface area contributed by atoms with Gasteiger partial charge in [0.05, 0.1) is 6.54 Å². The summed E-state index contributed by atoms with van der Waals surface area (Å²) in [7, 11) is 1.60. The molecule has 1 aliphatic heterocycles. The Morgan fingerprint density at radius 1 is 1.00 bits per heavy atom. The topological polar surface area (TPSA) is 54.1 Å². The molecular formula is C20H24F2N4O. The first-order valence-electron chi connectivity index (χ1n) is 8.90. The number of guanidine groups is 1. The van der Waals surface area contributed by atoms with Crippen LogP contribution >= 0.6 is 0 Å². The van der Waals surface area contributed by atoms with Crippen molar-refractivity contribution in [3.05, 3.63) is 65.7 Å². The van der Waals surface area contributed by atoms with Gasteiger partial charge in [-0.15, -0.1) is 0 Å². The van der Waals surface area contributed by atoms with Gasteiger partial charge in [-0.3, -0.25) is 4.99 Å². The molecule has 0 amide bonds. The number of piperazine rings is 1. The van der Waals surface area contributed by atoms with Crippen LogP contribution in [0.25, 0.3) is 0 Å². The standard InChI is InChI=1S/C20H24F2N4O/c1-27-19(15-2-4-16(21)5-3-15)14-24-20(23)26-12-10-25(11-13-26)18-8-6-17(22)7-9-18/h2-9,19H,10-14H2,1H3,(H2,23,24). The van der Waals surface area contributed by atoms with Gasteiger partial charge in [0.2, 0.25) is 0 Å². The van der Waals surface area contributed by atoms with Crippen LogP contribution in [0.15, 0.2) is 53.5 Å². The van der Waals surface area contributed by atoms with Crippen LogP contribution in [-0.4, -0.2) is 50.7 Å². The fraction of sp³-hybridized carbons (Fsp3) is 0.350. The SMILES string of the molecule is COC(CN=C(N)N1CCN(c2ccc(F)cc2)CC1)c1ccc(F)cc1. The van der Waals surface area contributed by atoms with Crippen LogP contribution in [0.5, 0.6) is 0 Å². The maximum atomic E-state index is 13.1. The zero-order chi connectivity index (χ0) is 19.2. The van der Waals surface area contributed by atoms with E-state index < -0.39 is 0 Å². The molecule has 7 heteroatoms. The van der Waals surface area contributed by atoms with E-state index in [0.29, 0.717) is 12.5 Å². The van der Waals surface area contributed by atoms with E-state index in [0.717, 1.165) is 37.4 Å². The molecule has 1 atom stereocenters. The van der Waals surface area contributed by atoms with Gasteiger partial charge in [-0.1, -0.05) is 12.1 Å². The summed E-state index contributed by atoms with van der Waals surface area (Å²) in [5.74, 6) is -0.0452. The van der Waals surface area contributed by atoms with Gasteiger partial charge >= 0.3 is 0 Å². The minimum Gasteiger partial charge on any atom is -0.375 e. The Kier molecular flexibility index (Phi) is 6.24. The molecule has 2 aromatic rings. The quantitative estimate of drug-likeness (QED) is 0.646. The molecule has 27 heavy (non-hydrogen) atoms. The van der Waals surface area contributed by atoms with Gasteiger partial charge in [0.15, 0.2) is 5.96 Å². The molecule has 2 N–H and O–H groups in total. The predicted molar refractivity (Wildman–Crippen MR) is 103 cm³/mol. The number of methoxy groups -OCH3 is 1. The Morgan fingerprint density at radius 3 is 2.11 bits per heavy atom. The third-order valence-electron chi connectivity index (χ3n) is 4.74. The maximum absolute atomic E-state index is 13.1. The van der Waals surface area contributed by atoms with Crippen LogP contribution in [0.4, 0.5) is 14.5 Å². The van der Waals surface area contributed by atoms with Crippen molar-refractivity contribution in [2.24, 2.45) is 10.7 Å². The summed E-state index contributed by atoms with van der Waals surface area (Å²) in [6.07, 6.45) is -0.273. The number of benzene rings is 2. The number of anilines is 1. The van der Waals surface area contributed by atoms with Gasteiger partial charge < -0.3 is 20.3 Å². The summed E-state index contributed by atoms with van der Waals surface area (Å²) in [5, 5.41) is 0. The first-order chi connectivity index (χ1) is 13.1. The number of aliphatic imine (C=N–C) groups is 1. The molecule has 1 aliphatic rings. The molecule has 0 aromatic heterocycles. The molecule has 5 nitrogen and oxygen atoms in total. The molecule has 2 aromatic carbocycles. The van der Waals surface area contributed by atoms with Crippen molar-refractivity contribution in [3.63, 3.8) is 0 Å². The zero-order valence-corrected chi connectivity index (χ0v) is 15.3. The van der Waals surface area contributed by atoms with E-state index in [1.165, 1.54) is 24.3 Å². The van der Waals surface area contributed by atoms with Crippen LogP contribution in [-0.2, 0) is 4.74 Å².